The number of aliphatic imine (C=N–C) groups is 1. The van der Waals surface area contributed by atoms with Crippen LogP contribution in [0.2, 0.25) is 0 Å². The molecule has 1 rings (SSSR count). The van der Waals surface area contributed by atoms with E-state index < -0.39 is 0 Å². The molecule has 1 aliphatic rings. The van der Waals surface area contributed by atoms with Gasteiger partial charge >= 0.3 is 0 Å². The summed E-state index contributed by atoms with van der Waals surface area (Å²) in [6.07, 6.45) is 1.40. The van der Waals surface area contributed by atoms with Crippen LogP contribution in [0.4, 0.5) is 0 Å². The normalized spacial score (nSPS) is 16.6. The SMILES string of the molecule is N=C1C(C(N)=S)=CN=C1N. The number of amidine groups is 1. The molecule has 0 fully saturated rings. The molecule has 0 aromatic carbocycles. The Morgan fingerprint density at radius 3 is 2.50 bits per heavy atom. The molecule has 0 bridgehead atoms. The van der Waals surface area contributed by atoms with E-state index in [9.17, 15) is 0 Å². The topological polar surface area (TPSA) is 88.2 Å². The van der Waals surface area contributed by atoms with Crippen LogP contribution in [0.5, 0.6) is 0 Å². The summed E-state index contributed by atoms with van der Waals surface area (Å²) in [5, 5.41) is 7.25. The molecule has 5 heteroatoms. The van der Waals surface area contributed by atoms with Gasteiger partial charge in [-0.25, -0.2) is 4.99 Å². The fourth-order valence-electron chi connectivity index (χ4n) is 0.588. The molecular formula is C5H6N4S. The minimum atomic E-state index is 0.118. The number of nitrogens with two attached hydrogens (primary N) is 2. The number of hydrogen-bond acceptors (Lipinski definition) is 4. The Balaban J connectivity index is 2.92. The Bertz CT molecular complexity index is 263. The zero-order chi connectivity index (χ0) is 7.72. The van der Waals surface area contributed by atoms with Gasteiger partial charge < -0.3 is 11.5 Å². The summed E-state index contributed by atoms with van der Waals surface area (Å²) >= 11 is 4.63. The first-order chi connectivity index (χ1) is 4.63. The van der Waals surface area contributed by atoms with Crippen molar-refractivity contribution in [3.8, 4) is 0 Å². The van der Waals surface area contributed by atoms with E-state index in [1.54, 1.807) is 0 Å². The van der Waals surface area contributed by atoms with E-state index in [0.717, 1.165) is 0 Å². The molecule has 10 heavy (non-hydrogen) atoms. The zero-order valence-corrected chi connectivity index (χ0v) is 5.90. The minimum absolute atomic E-state index is 0.118. The molecule has 0 atom stereocenters. The monoisotopic (exact) mass is 154 g/mol. The number of thiocarbonyl (C=S) groups is 1. The maximum Gasteiger partial charge on any atom is 0.149 e. The van der Waals surface area contributed by atoms with Crippen LogP contribution in [0.25, 0.3) is 0 Å². The summed E-state index contributed by atoms with van der Waals surface area (Å²) in [4.78, 5) is 3.82. The van der Waals surface area contributed by atoms with Gasteiger partial charge in [-0.05, 0) is 0 Å². The minimum Gasteiger partial charge on any atom is -0.389 e. The first-order valence-corrected chi connectivity index (χ1v) is 2.96. The lowest BCUT2D eigenvalue weighted by molar-refractivity contribution is 1.53. The summed E-state index contributed by atoms with van der Waals surface area (Å²) < 4.78 is 0. The van der Waals surface area contributed by atoms with Crippen LogP contribution in [0.1, 0.15) is 0 Å². The van der Waals surface area contributed by atoms with Gasteiger partial charge in [-0.3, -0.25) is 5.41 Å². The Hall–Kier alpha value is -1.23. The molecule has 1 aliphatic heterocycles. The molecule has 5 N–H and O–H groups in total. The van der Waals surface area contributed by atoms with E-state index >= 15 is 0 Å². The Labute approximate surface area is 63.1 Å². The van der Waals surface area contributed by atoms with Crippen LogP contribution in [-0.4, -0.2) is 16.5 Å². The summed E-state index contributed by atoms with van der Waals surface area (Å²) in [7, 11) is 0. The molecule has 0 amide bonds. The molecule has 0 aromatic heterocycles. The first kappa shape index (κ1) is 6.88. The highest BCUT2D eigenvalue weighted by Gasteiger charge is 2.16. The maximum atomic E-state index is 7.25. The van der Waals surface area contributed by atoms with Gasteiger partial charge in [-0.15, -0.1) is 0 Å². The van der Waals surface area contributed by atoms with Crippen LogP contribution in [0, 0.1) is 5.41 Å². The Morgan fingerprint density at radius 2 is 2.30 bits per heavy atom. The van der Waals surface area contributed by atoms with Crippen molar-refractivity contribution < 1.29 is 0 Å². The third-order valence-electron chi connectivity index (χ3n) is 1.12. The molecule has 0 aromatic rings. The lowest BCUT2D eigenvalue weighted by Crippen LogP contribution is -2.26. The Kier molecular flexibility index (Phi) is 1.50. The van der Waals surface area contributed by atoms with Crippen molar-refractivity contribution in [2.75, 3.05) is 0 Å². The maximum absolute atomic E-state index is 7.25. The molecule has 0 aliphatic carbocycles. The van der Waals surface area contributed by atoms with Crippen molar-refractivity contribution in [2.45, 2.75) is 0 Å². The zero-order valence-electron chi connectivity index (χ0n) is 5.09. The molecule has 4 nitrogen and oxygen atoms in total. The fourth-order valence-corrected chi connectivity index (χ4v) is 0.743. The van der Waals surface area contributed by atoms with Crippen LogP contribution < -0.4 is 11.5 Å². The molecule has 0 spiro atoms. The van der Waals surface area contributed by atoms with Crippen molar-refractivity contribution in [3.63, 3.8) is 0 Å². The molecular weight excluding hydrogens is 148 g/mol. The number of rotatable bonds is 1. The quantitative estimate of drug-likeness (QED) is 0.447. The molecule has 0 saturated carbocycles. The standard InChI is InChI=1S/C5H6N4S/c6-3-2(5(8)10)1-9-4(3)7/h1H,(H2,8,10)(H3,6,7,9). The molecule has 1 heterocycles. The second-order valence-corrected chi connectivity index (χ2v) is 2.24. The van der Waals surface area contributed by atoms with Gasteiger partial charge in [-0.1, -0.05) is 12.2 Å². The summed E-state index contributed by atoms with van der Waals surface area (Å²) in [6.45, 7) is 0. The van der Waals surface area contributed by atoms with Crippen molar-refractivity contribution >= 4 is 28.8 Å². The third kappa shape index (κ3) is 0.906. The highest BCUT2D eigenvalue weighted by molar-refractivity contribution is 7.80. The smallest absolute Gasteiger partial charge is 0.149 e. The lowest BCUT2D eigenvalue weighted by Gasteiger charge is -1.96. The first-order valence-electron chi connectivity index (χ1n) is 2.55. The van der Waals surface area contributed by atoms with Crippen molar-refractivity contribution in [2.24, 2.45) is 16.5 Å². The van der Waals surface area contributed by atoms with E-state index in [4.69, 9.17) is 16.9 Å². The van der Waals surface area contributed by atoms with E-state index in [1.165, 1.54) is 6.20 Å². The summed E-state index contributed by atoms with van der Waals surface area (Å²) in [5.74, 6) is 0.169. The molecule has 0 unspecified atom stereocenters. The van der Waals surface area contributed by atoms with Crippen LogP contribution in [-0.2, 0) is 0 Å². The van der Waals surface area contributed by atoms with Gasteiger partial charge in [0, 0.05) is 6.20 Å². The predicted octanol–water partition coefficient (Wildman–Crippen LogP) is -0.453. The fraction of sp³-hybridized carbons (Fsp3) is 0. The second kappa shape index (κ2) is 2.18. The van der Waals surface area contributed by atoms with Gasteiger partial charge in [0.15, 0.2) is 0 Å². The van der Waals surface area contributed by atoms with E-state index in [0.29, 0.717) is 5.57 Å². The number of nitrogens with zero attached hydrogens (tertiary/aromatic N) is 1. The largest absolute Gasteiger partial charge is 0.389 e. The van der Waals surface area contributed by atoms with Crippen molar-refractivity contribution in [3.05, 3.63) is 11.8 Å². The van der Waals surface area contributed by atoms with E-state index in [1.807, 2.05) is 0 Å². The van der Waals surface area contributed by atoms with E-state index in [-0.39, 0.29) is 16.5 Å². The van der Waals surface area contributed by atoms with Gasteiger partial charge in [-0.2, -0.15) is 0 Å². The van der Waals surface area contributed by atoms with Crippen LogP contribution in [0.15, 0.2) is 16.8 Å². The van der Waals surface area contributed by atoms with Gasteiger partial charge in [0.2, 0.25) is 0 Å². The van der Waals surface area contributed by atoms with Gasteiger partial charge in [0.05, 0.1) is 5.57 Å². The average Bonchev–Trinajstić information content (AvgIpc) is 2.14. The highest BCUT2D eigenvalue weighted by Crippen LogP contribution is 2.04. The van der Waals surface area contributed by atoms with Gasteiger partial charge in [0.1, 0.15) is 16.5 Å². The number of hydrogen-bond donors (Lipinski definition) is 3. The Morgan fingerprint density at radius 1 is 1.70 bits per heavy atom. The van der Waals surface area contributed by atoms with Crippen molar-refractivity contribution in [1.82, 2.24) is 0 Å². The van der Waals surface area contributed by atoms with Gasteiger partial charge in [0.25, 0.3) is 0 Å². The highest BCUT2D eigenvalue weighted by atomic mass is 32.1. The summed E-state index contributed by atoms with van der Waals surface area (Å²) in [5.41, 5.74) is 11.1. The van der Waals surface area contributed by atoms with E-state index in [2.05, 4.69) is 17.2 Å². The van der Waals surface area contributed by atoms with Crippen LogP contribution >= 0.6 is 12.2 Å². The predicted molar refractivity (Wildman–Crippen MR) is 44.2 cm³/mol. The molecule has 52 valence electrons. The second-order valence-electron chi connectivity index (χ2n) is 1.80. The molecule has 0 radical (unpaired) electrons. The summed E-state index contributed by atoms with van der Waals surface area (Å²) in [6, 6.07) is 0. The third-order valence-corrected chi connectivity index (χ3v) is 1.34. The van der Waals surface area contributed by atoms with Crippen molar-refractivity contribution in [1.29, 1.82) is 5.41 Å². The lowest BCUT2D eigenvalue weighted by atomic mass is 10.2. The average molecular weight is 154 g/mol. The molecule has 0 saturated heterocycles. The number of nitrogens with one attached hydrogen (secondary N) is 1. The van der Waals surface area contributed by atoms with Crippen LogP contribution in [0.3, 0.4) is 0 Å².